The number of rotatable bonds is 9. The number of benzene rings is 3. The Bertz CT molecular complexity index is 1400. The van der Waals surface area contributed by atoms with Crippen molar-refractivity contribution < 1.29 is 0 Å². The third-order valence-electron chi connectivity index (χ3n) is 6.50. The van der Waals surface area contributed by atoms with Gasteiger partial charge in [-0.3, -0.25) is 0 Å². The largest absolute Gasteiger partial charge is 0.330 e. The van der Waals surface area contributed by atoms with Gasteiger partial charge < -0.3 is 5.73 Å². The molecule has 5 rings (SSSR count). The van der Waals surface area contributed by atoms with Gasteiger partial charge in [0.05, 0.1) is 6.54 Å². The van der Waals surface area contributed by atoms with Crippen molar-refractivity contribution in [2.45, 2.75) is 39.2 Å². The number of tetrazole rings is 1. The standard InChI is InChI=1S/C28H30N8/c1-3-19(2)26-30-28(23-14-8-20(9-15-23)16-17-29)36(33-26)18-21-10-12-22(13-11-21)24-6-4-5-7-25(24)27-31-34-35-32-27/h4-15,19H,3,16-18,29H2,1-2H3,(H,31,32,34,35). The molecule has 2 aromatic heterocycles. The van der Waals surface area contributed by atoms with Crippen LogP contribution in [-0.4, -0.2) is 41.9 Å². The fourth-order valence-electron chi connectivity index (χ4n) is 4.23. The Kier molecular flexibility index (Phi) is 6.95. The van der Waals surface area contributed by atoms with Gasteiger partial charge in [-0.15, -0.1) is 10.2 Å². The minimum Gasteiger partial charge on any atom is -0.330 e. The molecule has 0 saturated heterocycles. The summed E-state index contributed by atoms with van der Waals surface area (Å²) in [6, 6.07) is 25.1. The van der Waals surface area contributed by atoms with Crippen molar-refractivity contribution in [1.29, 1.82) is 0 Å². The molecule has 2 heterocycles. The molecule has 182 valence electrons. The van der Waals surface area contributed by atoms with Crippen LogP contribution >= 0.6 is 0 Å². The summed E-state index contributed by atoms with van der Waals surface area (Å²) in [5.41, 5.74) is 12.2. The first-order valence-electron chi connectivity index (χ1n) is 12.3. The summed E-state index contributed by atoms with van der Waals surface area (Å²) in [5, 5.41) is 19.4. The van der Waals surface area contributed by atoms with Gasteiger partial charge in [0.25, 0.3) is 0 Å². The molecule has 1 unspecified atom stereocenters. The summed E-state index contributed by atoms with van der Waals surface area (Å²) in [6.45, 7) is 5.61. The molecule has 0 bridgehead atoms. The number of nitrogens with one attached hydrogen (secondary N) is 1. The van der Waals surface area contributed by atoms with E-state index in [9.17, 15) is 0 Å². The minimum absolute atomic E-state index is 0.297. The van der Waals surface area contributed by atoms with Crippen molar-refractivity contribution in [2.75, 3.05) is 6.54 Å². The average molecular weight is 479 g/mol. The third kappa shape index (κ3) is 4.94. The van der Waals surface area contributed by atoms with Crippen LogP contribution in [0.3, 0.4) is 0 Å². The zero-order valence-electron chi connectivity index (χ0n) is 20.6. The van der Waals surface area contributed by atoms with Crippen LogP contribution in [0.2, 0.25) is 0 Å². The van der Waals surface area contributed by atoms with Gasteiger partial charge in [0, 0.05) is 17.0 Å². The highest BCUT2D eigenvalue weighted by Crippen LogP contribution is 2.30. The molecule has 0 saturated carbocycles. The van der Waals surface area contributed by atoms with Gasteiger partial charge in [-0.2, -0.15) is 10.3 Å². The first-order valence-corrected chi connectivity index (χ1v) is 12.3. The Balaban J connectivity index is 1.44. The lowest BCUT2D eigenvalue weighted by atomic mass is 9.98. The molecule has 1 atom stereocenters. The summed E-state index contributed by atoms with van der Waals surface area (Å²) in [6.07, 6.45) is 1.86. The Labute approximate surface area is 210 Å². The van der Waals surface area contributed by atoms with Crippen molar-refractivity contribution in [1.82, 2.24) is 35.4 Å². The van der Waals surface area contributed by atoms with Crippen LogP contribution in [-0.2, 0) is 13.0 Å². The molecular formula is C28H30N8. The van der Waals surface area contributed by atoms with E-state index in [1.165, 1.54) is 5.56 Å². The topological polar surface area (TPSA) is 111 Å². The highest BCUT2D eigenvalue weighted by Gasteiger charge is 2.17. The van der Waals surface area contributed by atoms with Crippen molar-refractivity contribution >= 4 is 0 Å². The Hall–Kier alpha value is -4.17. The Morgan fingerprint density at radius 2 is 1.58 bits per heavy atom. The summed E-state index contributed by atoms with van der Waals surface area (Å²) < 4.78 is 2.02. The quantitative estimate of drug-likeness (QED) is 0.313. The lowest BCUT2D eigenvalue weighted by molar-refractivity contribution is 0.633. The molecule has 36 heavy (non-hydrogen) atoms. The van der Waals surface area contributed by atoms with E-state index < -0.39 is 0 Å². The maximum atomic E-state index is 5.72. The van der Waals surface area contributed by atoms with Crippen LogP contribution in [0.4, 0.5) is 0 Å². The Morgan fingerprint density at radius 1 is 0.889 bits per heavy atom. The molecule has 3 aromatic carbocycles. The predicted molar refractivity (Wildman–Crippen MR) is 141 cm³/mol. The average Bonchev–Trinajstić information content (AvgIpc) is 3.60. The van der Waals surface area contributed by atoms with Gasteiger partial charge in [0.1, 0.15) is 0 Å². The molecule has 3 N–H and O–H groups in total. The zero-order valence-corrected chi connectivity index (χ0v) is 20.6. The Morgan fingerprint density at radius 3 is 2.25 bits per heavy atom. The number of aromatic nitrogens is 7. The van der Waals surface area contributed by atoms with Gasteiger partial charge in [0.15, 0.2) is 11.6 Å². The maximum Gasteiger partial charge on any atom is 0.205 e. The van der Waals surface area contributed by atoms with Gasteiger partial charge in [-0.25, -0.2) is 9.67 Å². The van der Waals surface area contributed by atoms with Crippen molar-refractivity contribution in [3.8, 4) is 33.9 Å². The number of nitrogens with two attached hydrogens (primary N) is 1. The molecule has 8 nitrogen and oxygen atoms in total. The fourth-order valence-corrected chi connectivity index (χ4v) is 4.23. The molecular weight excluding hydrogens is 448 g/mol. The molecule has 0 aliphatic heterocycles. The smallest absolute Gasteiger partial charge is 0.205 e. The van der Waals surface area contributed by atoms with Gasteiger partial charge in [-0.05, 0) is 46.9 Å². The van der Waals surface area contributed by atoms with Gasteiger partial charge in [-0.1, -0.05) is 86.6 Å². The highest BCUT2D eigenvalue weighted by molar-refractivity contribution is 5.80. The van der Waals surface area contributed by atoms with E-state index in [0.717, 1.165) is 52.3 Å². The van der Waals surface area contributed by atoms with E-state index in [1.807, 2.05) is 22.9 Å². The first kappa shape index (κ1) is 23.6. The fraction of sp³-hybridized carbons (Fsp3) is 0.250. The zero-order chi connectivity index (χ0) is 24.9. The van der Waals surface area contributed by atoms with Crippen molar-refractivity contribution in [3.63, 3.8) is 0 Å². The second-order valence-electron chi connectivity index (χ2n) is 8.97. The molecule has 0 spiro atoms. The van der Waals surface area contributed by atoms with Gasteiger partial charge >= 0.3 is 0 Å². The molecule has 0 amide bonds. The van der Waals surface area contributed by atoms with Crippen LogP contribution in [0.5, 0.6) is 0 Å². The second kappa shape index (κ2) is 10.6. The maximum absolute atomic E-state index is 5.72. The van der Waals surface area contributed by atoms with E-state index in [4.69, 9.17) is 15.8 Å². The van der Waals surface area contributed by atoms with E-state index in [0.29, 0.717) is 24.8 Å². The number of aromatic amines is 1. The van der Waals surface area contributed by atoms with Crippen molar-refractivity contribution in [3.05, 3.63) is 89.7 Å². The number of nitrogens with zero attached hydrogens (tertiary/aromatic N) is 6. The summed E-state index contributed by atoms with van der Waals surface area (Å²) in [4.78, 5) is 4.93. The second-order valence-corrected chi connectivity index (χ2v) is 8.97. The van der Waals surface area contributed by atoms with E-state index >= 15 is 0 Å². The minimum atomic E-state index is 0.297. The molecule has 0 radical (unpaired) electrons. The summed E-state index contributed by atoms with van der Waals surface area (Å²) >= 11 is 0. The van der Waals surface area contributed by atoms with Crippen LogP contribution in [0.25, 0.3) is 33.9 Å². The molecule has 8 heteroatoms. The predicted octanol–water partition coefficient (Wildman–Crippen LogP) is 4.86. The lowest BCUT2D eigenvalue weighted by Gasteiger charge is -2.10. The number of hydrogen-bond acceptors (Lipinski definition) is 6. The normalized spacial score (nSPS) is 12.1. The van der Waals surface area contributed by atoms with Crippen LogP contribution in [0.1, 0.15) is 43.1 Å². The number of hydrogen-bond donors (Lipinski definition) is 2. The van der Waals surface area contributed by atoms with Gasteiger partial charge in [0.2, 0.25) is 5.82 Å². The van der Waals surface area contributed by atoms with E-state index in [1.54, 1.807) is 0 Å². The van der Waals surface area contributed by atoms with E-state index in [2.05, 4.69) is 89.1 Å². The third-order valence-corrected chi connectivity index (χ3v) is 6.50. The molecule has 0 fully saturated rings. The lowest BCUT2D eigenvalue weighted by Crippen LogP contribution is -2.05. The number of H-pyrrole nitrogens is 1. The SMILES string of the molecule is CCC(C)c1nc(-c2ccc(CCN)cc2)n(Cc2ccc(-c3ccccc3-c3nn[nH]n3)cc2)n1. The summed E-state index contributed by atoms with van der Waals surface area (Å²) in [5.74, 6) is 2.64. The van der Waals surface area contributed by atoms with Crippen molar-refractivity contribution in [2.24, 2.45) is 5.73 Å². The highest BCUT2D eigenvalue weighted by atomic mass is 15.5. The molecule has 0 aliphatic rings. The van der Waals surface area contributed by atoms with Crippen LogP contribution in [0, 0.1) is 0 Å². The van der Waals surface area contributed by atoms with Crippen LogP contribution < -0.4 is 5.73 Å². The first-order chi connectivity index (χ1) is 17.7. The monoisotopic (exact) mass is 478 g/mol. The molecule has 0 aliphatic carbocycles. The van der Waals surface area contributed by atoms with E-state index in [-0.39, 0.29) is 0 Å². The molecule has 5 aromatic rings. The summed E-state index contributed by atoms with van der Waals surface area (Å²) in [7, 11) is 0. The van der Waals surface area contributed by atoms with Crippen LogP contribution in [0.15, 0.2) is 72.8 Å².